The number of benzene rings is 1. The molecule has 0 radical (unpaired) electrons. The van der Waals surface area contributed by atoms with Crippen molar-refractivity contribution in [3.63, 3.8) is 0 Å². The third-order valence-electron chi connectivity index (χ3n) is 5.19. The van der Waals surface area contributed by atoms with Gasteiger partial charge in [-0.1, -0.05) is 0 Å². The Morgan fingerprint density at radius 1 is 1.14 bits per heavy atom. The lowest BCUT2D eigenvalue weighted by atomic mass is 9.85. The number of rotatable bonds is 2. The van der Waals surface area contributed by atoms with Crippen LogP contribution in [0.15, 0.2) is 18.3 Å². The molecule has 3 heterocycles. The zero-order valence-corrected chi connectivity index (χ0v) is 13.4. The van der Waals surface area contributed by atoms with Gasteiger partial charge >= 0.3 is 0 Å². The summed E-state index contributed by atoms with van der Waals surface area (Å²) >= 11 is 0. The molecule has 1 aromatic heterocycles. The smallest absolute Gasteiger partial charge is 0.125 e. The first kappa shape index (κ1) is 14.1. The molecule has 0 aliphatic carbocycles. The summed E-state index contributed by atoms with van der Waals surface area (Å²) in [5.41, 5.74) is 3.95. The Kier molecular flexibility index (Phi) is 3.59. The summed E-state index contributed by atoms with van der Waals surface area (Å²) in [5.74, 6) is 1.51. The molecule has 0 amide bonds. The van der Waals surface area contributed by atoms with Crippen molar-refractivity contribution >= 4 is 10.9 Å². The molecule has 22 heavy (non-hydrogen) atoms. The molecule has 0 N–H and O–H groups in total. The summed E-state index contributed by atoms with van der Waals surface area (Å²) in [6, 6.07) is 5.22. The van der Waals surface area contributed by atoms with Crippen LogP contribution < -0.4 is 0 Å². The number of hydrogen-bond donors (Lipinski definition) is 0. The molecular weight excluding hydrogens is 274 g/mol. The molecule has 116 valence electrons. The van der Waals surface area contributed by atoms with E-state index in [1.165, 1.54) is 37.1 Å². The Morgan fingerprint density at radius 3 is 2.59 bits per heavy atom. The number of hydrogen-bond acceptors (Lipinski definition) is 4. The van der Waals surface area contributed by atoms with Gasteiger partial charge in [0, 0.05) is 11.6 Å². The number of likely N-dealkylation sites (tertiary alicyclic amines) is 1. The quantitative estimate of drug-likeness (QED) is 0.854. The van der Waals surface area contributed by atoms with Crippen molar-refractivity contribution in [2.75, 3.05) is 26.3 Å². The van der Waals surface area contributed by atoms with Gasteiger partial charge in [0.15, 0.2) is 0 Å². The van der Waals surface area contributed by atoms with E-state index in [1.54, 1.807) is 0 Å². The maximum absolute atomic E-state index is 5.32. The first-order valence-corrected chi connectivity index (χ1v) is 8.26. The Bertz CT molecular complexity index is 688. The number of piperidine rings is 1. The highest BCUT2D eigenvalue weighted by Gasteiger charge is 2.30. The van der Waals surface area contributed by atoms with Crippen molar-refractivity contribution in [3.8, 4) is 0 Å². The predicted octanol–water partition coefficient (Wildman–Crippen LogP) is 2.82. The fourth-order valence-electron chi connectivity index (χ4n) is 3.75. The van der Waals surface area contributed by atoms with Gasteiger partial charge in [-0.05, 0) is 69.0 Å². The van der Waals surface area contributed by atoms with Crippen molar-refractivity contribution in [1.82, 2.24) is 14.9 Å². The van der Waals surface area contributed by atoms with Crippen molar-refractivity contribution in [2.24, 2.45) is 0 Å². The molecule has 2 aliphatic rings. The second-order valence-electron chi connectivity index (χ2n) is 6.69. The van der Waals surface area contributed by atoms with Gasteiger partial charge in [-0.15, -0.1) is 0 Å². The molecule has 4 rings (SSSR count). The molecule has 2 fully saturated rings. The lowest BCUT2D eigenvalue weighted by Gasteiger charge is -2.41. The minimum Gasteiger partial charge on any atom is -0.378 e. The van der Waals surface area contributed by atoms with Crippen LogP contribution in [0.2, 0.25) is 0 Å². The maximum Gasteiger partial charge on any atom is 0.125 e. The van der Waals surface area contributed by atoms with Crippen LogP contribution in [0, 0.1) is 13.8 Å². The third kappa shape index (κ3) is 2.50. The van der Waals surface area contributed by atoms with E-state index in [0.717, 1.165) is 29.9 Å². The summed E-state index contributed by atoms with van der Waals surface area (Å²) < 4.78 is 5.32. The Balaban J connectivity index is 1.57. The number of aromatic nitrogens is 2. The average Bonchev–Trinajstić information content (AvgIpc) is 2.46. The maximum atomic E-state index is 5.32. The SMILES string of the molecule is Cc1ncc2cc(C)c(C3CCN(C4COC4)CC3)cc2n1. The monoisotopic (exact) mass is 297 g/mol. The largest absolute Gasteiger partial charge is 0.378 e. The predicted molar refractivity (Wildman–Crippen MR) is 87.2 cm³/mol. The van der Waals surface area contributed by atoms with Crippen LogP contribution >= 0.6 is 0 Å². The highest BCUT2D eigenvalue weighted by atomic mass is 16.5. The van der Waals surface area contributed by atoms with Crippen LogP contribution in [0.5, 0.6) is 0 Å². The molecule has 0 bridgehead atoms. The minimum absolute atomic E-state index is 0.664. The normalized spacial score (nSPS) is 21.2. The highest BCUT2D eigenvalue weighted by Crippen LogP contribution is 2.33. The van der Waals surface area contributed by atoms with Gasteiger partial charge in [0.05, 0.1) is 24.8 Å². The van der Waals surface area contributed by atoms with Gasteiger partial charge in [-0.2, -0.15) is 0 Å². The third-order valence-corrected chi connectivity index (χ3v) is 5.19. The van der Waals surface area contributed by atoms with Crippen LogP contribution in [0.25, 0.3) is 10.9 Å². The molecule has 0 spiro atoms. The van der Waals surface area contributed by atoms with Crippen LogP contribution in [-0.4, -0.2) is 47.2 Å². The number of aryl methyl sites for hydroxylation is 2. The molecule has 2 aromatic rings. The van der Waals surface area contributed by atoms with E-state index in [-0.39, 0.29) is 0 Å². The Labute approximate surface area is 131 Å². The van der Waals surface area contributed by atoms with Gasteiger partial charge in [-0.3, -0.25) is 4.90 Å². The van der Waals surface area contributed by atoms with Crippen LogP contribution in [0.4, 0.5) is 0 Å². The van der Waals surface area contributed by atoms with Crippen LogP contribution in [-0.2, 0) is 4.74 Å². The number of fused-ring (bicyclic) bond motifs is 1. The van der Waals surface area contributed by atoms with E-state index in [2.05, 4.69) is 33.9 Å². The van der Waals surface area contributed by atoms with E-state index < -0.39 is 0 Å². The topological polar surface area (TPSA) is 38.2 Å². The molecule has 2 saturated heterocycles. The summed E-state index contributed by atoms with van der Waals surface area (Å²) in [7, 11) is 0. The fourth-order valence-corrected chi connectivity index (χ4v) is 3.75. The van der Waals surface area contributed by atoms with Crippen molar-refractivity contribution in [2.45, 2.75) is 38.6 Å². The molecular formula is C18H23N3O. The fraction of sp³-hybridized carbons (Fsp3) is 0.556. The van der Waals surface area contributed by atoms with E-state index in [4.69, 9.17) is 4.74 Å². The standard InChI is InChI=1S/C18H23N3O/c1-12-7-15-9-19-13(2)20-18(15)8-17(12)14-3-5-21(6-4-14)16-10-22-11-16/h7-9,14,16H,3-6,10-11H2,1-2H3. The Hall–Kier alpha value is -1.52. The minimum atomic E-state index is 0.664. The summed E-state index contributed by atoms with van der Waals surface area (Å²) in [4.78, 5) is 11.5. The molecule has 0 saturated carbocycles. The van der Waals surface area contributed by atoms with E-state index >= 15 is 0 Å². The molecule has 4 nitrogen and oxygen atoms in total. The second kappa shape index (κ2) is 5.60. The van der Waals surface area contributed by atoms with Crippen LogP contribution in [0.3, 0.4) is 0 Å². The zero-order valence-electron chi connectivity index (χ0n) is 13.4. The van der Waals surface area contributed by atoms with Crippen molar-refractivity contribution in [3.05, 3.63) is 35.3 Å². The lowest BCUT2D eigenvalue weighted by Crippen LogP contribution is -2.51. The molecule has 0 atom stereocenters. The van der Waals surface area contributed by atoms with E-state index in [0.29, 0.717) is 12.0 Å². The first-order chi connectivity index (χ1) is 10.7. The zero-order chi connectivity index (χ0) is 15.1. The number of nitrogens with zero attached hydrogens (tertiary/aromatic N) is 3. The Morgan fingerprint density at radius 2 is 1.91 bits per heavy atom. The van der Waals surface area contributed by atoms with Gasteiger partial charge < -0.3 is 4.74 Å². The van der Waals surface area contributed by atoms with Gasteiger partial charge in [0.2, 0.25) is 0 Å². The van der Waals surface area contributed by atoms with E-state index in [9.17, 15) is 0 Å². The first-order valence-electron chi connectivity index (χ1n) is 8.26. The molecule has 4 heteroatoms. The summed E-state index contributed by atoms with van der Waals surface area (Å²) in [6.45, 7) is 8.42. The molecule has 2 aliphatic heterocycles. The van der Waals surface area contributed by atoms with Crippen LogP contribution in [0.1, 0.15) is 35.7 Å². The van der Waals surface area contributed by atoms with Gasteiger partial charge in [0.25, 0.3) is 0 Å². The van der Waals surface area contributed by atoms with Crippen molar-refractivity contribution < 1.29 is 4.74 Å². The number of ether oxygens (including phenoxy) is 1. The van der Waals surface area contributed by atoms with Gasteiger partial charge in [-0.25, -0.2) is 9.97 Å². The summed E-state index contributed by atoms with van der Waals surface area (Å²) in [5, 5.41) is 1.15. The van der Waals surface area contributed by atoms with E-state index in [1.807, 2.05) is 13.1 Å². The average molecular weight is 297 g/mol. The lowest BCUT2D eigenvalue weighted by molar-refractivity contribution is -0.0712. The highest BCUT2D eigenvalue weighted by molar-refractivity contribution is 5.79. The molecule has 0 unspecified atom stereocenters. The second-order valence-corrected chi connectivity index (χ2v) is 6.69. The summed E-state index contributed by atoms with van der Waals surface area (Å²) in [6.07, 6.45) is 4.42. The van der Waals surface area contributed by atoms with Gasteiger partial charge in [0.1, 0.15) is 5.82 Å². The molecule has 1 aromatic carbocycles. The van der Waals surface area contributed by atoms with Crippen molar-refractivity contribution in [1.29, 1.82) is 0 Å².